The average molecular weight is 298 g/mol. The van der Waals surface area contributed by atoms with Crippen LogP contribution >= 0.6 is 27.5 Å². The van der Waals surface area contributed by atoms with Gasteiger partial charge in [0.05, 0.1) is 16.4 Å². The van der Waals surface area contributed by atoms with E-state index >= 15 is 0 Å². The van der Waals surface area contributed by atoms with Crippen LogP contribution in [0.5, 0.6) is 0 Å². The van der Waals surface area contributed by atoms with Crippen molar-refractivity contribution in [2.75, 3.05) is 5.73 Å². The van der Waals surface area contributed by atoms with Gasteiger partial charge in [-0.15, -0.1) is 0 Å². The molecule has 0 amide bonds. The number of fused-ring (bicyclic) bond motifs is 3. The molecule has 0 unspecified atom stereocenters. The Balaban J connectivity index is 2.61. The van der Waals surface area contributed by atoms with Crippen LogP contribution < -0.4 is 5.73 Å². The van der Waals surface area contributed by atoms with Crippen molar-refractivity contribution in [2.24, 2.45) is 0 Å². The van der Waals surface area contributed by atoms with E-state index in [1.54, 1.807) is 0 Å². The molecule has 16 heavy (non-hydrogen) atoms. The zero-order valence-corrected chi connectivity index (χ0v) is 10.3. The van der Waals surface area contributed by atoms with Crippen LogP contribution in [0.3, 0.4) is 0 Å². The van der Waals surface area contributed by atoms with Crippen molar-refractivity contribution in [3.05, 3.63) is 27.8 Å². The summed E-state index contributed by atoms with van der Waals surface area (Å²) in [6.45, 7) is 0. The molecule has 0 bridgehead atoms. The van der Waals surface area contributed by atoms with Crippen molar-refractivity contribution in [2.45, 2.75) is 0 Å². The Morgan fingerprint density at radius 2 is 2.19 bits per heavy atom. The largest absolute Gasteiger partial charge is 0.382 e. The number of hydrogen-bond donors (Lipinski definition) is 2. The van der Waals surface area contributed by atoms with Crippen LogP contribution in [-0.2, 0) is 0 Å². The van der Waals surface area contributed by atoms with Crippen LogP contribution in [0.1, 0.15) is 0 Å². The number of benzene rings is 1. The van der Waals surface area contributed by atoms with Crippen LogP contribution in [0.25, 0.3) is 21.8 Å². The number of nitrogens with two attached hydrogens (primary N) is 1. The Hall–Kier alpha value is -1.33. The predicted octanol–water partition coefficient (Wildman–Crippen LogP) is 3.11. The van der Waals surface area contributed by atoms with E-state index in [0.29, 0.717) is 16.4 Å². The molecule has 0 spiro atoms. The Kier molecular flexibility index (Phi) is 2.05. The summed E-state index contributed by atoms with van der Waals surface area (Å²) in [5, 5.41) is 8.82. The fourth-order valence-electron chi connectivity index (χ4n) is 1.73. The fraction of sp³-hybridized carbons (Fsp3) is 0. The van der Waals surface area contributed by atoms with E-state index in [-0.39, 0.29) is 0 Å². The standard InChI is InChI=1S/C10H6BrClN4/c11-4-1-2-6-5(3-4)8-7(9(12)14-6)10(13)16-15-8/h1-3H,(H3,13,15,16). The van der Waals surface area contributed by atoms with Crippen LogP contribution in [0.2, 0.25) is 5.15 Å². The number of aromatic amines is 1. The van der Waals surface area contributed by atoms with Gasteiger partial charge in [0, 0.05) is 9.86 Å². The van der Waals surface area contributed by atoms with Crippen molar-refractivity contribution in [3.63, 3.8) is 0 Å². The maximum Gasteiger partial charge on any atom is 0.156 e. The van der Waals surface area contributed by atoms with Crippen LogP contribution in [0.4, 0.5) is 5.82 Å². The first-order chi connectivity index (χ1) is 7.66. The number of rotatable bonds is 0. The molecule has 3 rings (SSSR count). The van der Waals surface area contributed by atoms with Gasteiger partial charge in [-0.05, 0) is 18.2 Å². The minimum absolute atomic E-state index is 0.370. The molecule has 1 aromatic carbocycles. The molecule has 0 atom stereocenters. The first-order valence-corrected chi connectivity index (χ1v) is 5.72. The smallest absolute Gasteiger partial charge is 0.156 e. The Bertz CT molecular complexity index is 707. The molecular formula is C10H6BrClN4. The molecule has 0 aliphatic heterocycles. The first kappa shape index (κ1) is 9.86. The summed E-state index contributed by atoms with van der Waals surface area (Å²) < 4.78 is 0.971. The fourth-order valence-corrected chi connectivity index (χ4v) is 2.37. The summed E-state index contributed by atoms with van der Waals surface area (Å²) in [4.78, 5) is 4.28. The zero-order valence-electron chi connectivity index (χ0n) is 7.96. The highest BCUT2D eigenvalue weighted by Gasteiger charge is 2.12. The average Bonchev–Trinajstić information content (AvgIpc) is 2.63. The number of aromatic nitrogens is 3. The Morgan fingerprint density at radius 3 is 3.00 bits per heavy atom. The van der Waals surface area contributed by atoms with Gasteiger partial charge < -0.3 is 5.73 Å². The highest BCUT2D eigenvalue weighted by Crippen LogP contribution is 2.32. The predicted molar refractivity (Wildman–Crippen MR) is 68.5 cm³/mol. The van der Waals surface area contributed by atoms with Gasteiger partial charge in [0.15, 0.2) is 5.82 Å². The quantitative estimate of drug-likeness (QED) is 0.627. The van der Waals surface area contributed by atoms with E-state index in [1.165, 1.54) is 0 Å². The lowest BCUT2D eigenvalue weighted by molar-refractivity contribution is 1.13. The molecule has 2 heterocycles. The molecule has 2 aromatic heterocycles. The number of H-pyrrole nitrogens is 1. The van der Waals surface area contributed by atoms with Gasteiger partial charge in [-0.2, -0.15) is 5.10 Å². The Morgan fingerprint density at radius 1 is 1.38 bits per heavy atom. The molecule has 6 heteroatoms. The van der Waals surface area contributed by atoms with Crippen molar-refractivity contribution in [3.8, 4) is 0 Å². The van der Waals surface area contributed by atoms with E-state index in [4.69, 9.17) is 17.3 Å². The molecule has 3 N–H and O–H groups in total. The second-order valence-electron chi connectivity index (χ2n) is 3.42. The summed E-state index contributed by atoms with van der Waals surface area (Å²) in [6.07, 6.45) is 0. The van der Waals surface area contributed by atoms with E-state index in [0.717, 1.165) is 20.9 Å². The lowest BCUT2D eigenvalue weighted by atomic mass is 10.1. The highest BCUT2D eigenvalue weighted by atomic mass is 79.9. The third-order valence-electron chi connectivity index (χ3n) is 2.45. The molecule has 0 aliphatic rings. The van der Waals surface area contributed by atoms with Gasteiger partial charge in [0.25, 0.3) is 0 Å². The van der Waals surface area contributed by atoms with Gasteiger partial charge in [-0.3, -0.25) is 5.10 Å². The summed E-state index contributed by atoms with van der Waals surface area (Å²) in [6, 6.07) is 5.76. The van der Waals surface area contributed by atoms with Gasteiger partial charge in [-0.1, -0.05) is 27.5 Å². The molecule has 80 valence electrons. The number of nitrogen functional groups attached to an aromatic ring is 1. The minimum Gasteiger partial charge on any atom is -0.382 e. The number of nitrogens with zero attached hydrogens (tertiary/aromatic N) is 2. The molecule has 0 fully saturated rings. The number of anilines is 1. The first-order valence-electron chi connectivity index (χ1n) is 4.55. The third-order valence-corrected chi connectivity index (χ3v) is 3.21. The summed E-state index contributed by atoms with van der Waals surface area (Å²) >= 11 is 9.48. The van der Waals surface area contributed by atoms with Crippen LogP contribution in [0.15, 0.2) is 22.7 Å². The van der Waals surface area contributed by atoms with E-state index in [1.807, 2.05) is 18.2 Å². The molecule has 0 radical (unpaired) electrons. The van der Waals surface area contributed by atoms with Crippen molar-refractivity contribution in [1.82, 2.24) is 15.2 Å². The molecular weight excluding hydrogens is 291 g/mol. The topological polar surface area (TPSA) is 67.6 Å². The lowest BCUT2D eigenvalue weighted by Gasteiger charge is -2.01. The van der Waals surface area contributed by atoms with Crippen molar-refractivity contribution < 1.29 is 0 Å². The van der Waals surface area contributed by atoms with E-state index < -0.39 is 0 Å². The van der Waals surface area contributed by atoms with Gasteiger partial charge in [0.1, 0.15) is 5.15 Å². The molecule has 3 aromatic rings. The van der Waals surface area contributed by atoms with Crippen LogP contribution in [-0.4, -0.2) is 15.2 Å². The second kappa shape index (κ2) is 3.33. The van der Waals surface area contributed by atoms with Gasteiger partial charge in [0.2, 0.25) is 0 Å². The van der Waals surface area contributed by atoms with Crippen molar-refractivity contribution in [1.29, 1.82) is 0 Å². The maximum atomic E-state index is 6.06. The zero-order chi connectivity index (χ0) is 11.3. The number of hydrogen-bond acceptors (Lipinski definition) is 3. The van der Waals surface area contributed by atoms with Gasteiger partial charge in [-0.25, -0.2) is 4.98 Å². The number of nitrogens with one attached hydrogen (secondary N) is 1. The minimum atomic E-state index is 0.370. The molecule has 0 saturated carbocycles. The number of halogens is 2. The second-order valence-corrected chi connectivity index (χ2v) is 4.70. The SMILES string of the molecule is Nc1n[nH]c2c1c(Cl)nc1ccc(Br)cc12. The van der Waals surface area contributed by atoms with Crippen molar-refractivity contribution >= 4 is 55.2 Å². The van der Waals surface area contributed by atoms with Crippen LogP contribution in [0, 0.1) is 0 Å². The van der Waals surface area contributed by atoms with Gasteiger partial charge >= 0.3 is 0 Å². The summed E-state index contributed by atoms with van der Waals surface area (Å²) in [5.74, 6) is 0.370. The third kappa shape index (κ3) is 1.28. The summed E-state index contributed by atoms with van der Waals surface area (Å²) in [7, 11) is 0. The number of pyridine rings is 1. The lowest BCUT2D eigenvalue weighted by Crippen LogP contribution is -1.87. The molecule has 4 nitrogen and oxygen atoms in total. The molecule has 0 saturated heterocycles. The van der Waals surface area contributed by atoms with E-state index in [9.17, 15) is 0 Å². The monoisotopic (exact) mass is 296 g/mol. The maximum absolute atomic E-state index is 6.06. The summed E-state index contributed by atoms with van der Waals surface area (Å²) in [5.41, 5.74) is 7.35. The molecule has 0 aliphatic carbocycles. The normalized spacial score (nSPS) is 11.4. The van der Waals surface area contributed by atoms with E-state index in [2.05, 4.69) is 31.1 Å². The Labute approximate surface area is 104 Å². The highest BCUT2D eigenvalue weighted by molar-refractivity contribution is 9.10.